The van der Waals surface area contributed by atoms with E-state index in [2.05, 4.69) is 38.2 Å². The summed E-state index contributed by atoms with van der Waals surface area (Å²) in [4.78, 5) is 19.2. The highest BCUT2D eigenvalue weighted by atomic mass is 35.5. The molecular formula is C47H53ClF3N5O6S3. The van der Waals surface area contributed by atoms with Gasteiger partial charge in [-0.15, -0.1) is 11.8 Å². The fourth-order valence-corrected chi connectivity index (χ4v) is 12.4. The Bertz CT molecular complexity index is 2560. The van der Waals surface area contributed by atoms with Gasteiger partial charge in [-0.25, -0.2) is 21.6 Å². The molecule has 3 heterocycles. The number of sulfonamides is 1. The van der Waals surface area contributed by atoms with Crippen LogP contribution >= 0.6 is 23.4 Å². The van der Waals surface area contributed by atoms with Crippen molar-refractivity contribution < 1.29 is 39.5 Å². The van der Waals surface area contributed by atoms with Gasteiger partial charge in [-0.2, -0.15) is 13.2 Å². The number of thioether (sulfide) groups is 1. The third kappa shape index (κ3) is 11.2. The van der Waals surface area contributed by atoms with Crippen molar-refractivity contribution in [1.29, 1.82) is 0 Å². The molecule has 4 aliphatic rings. The van der Waals surface area contributed by atoms with Crippen molar-refractivity contribution in [2.45, 2.75) is 70.8 Å². The zero-order chi connectivity index (χ0) is 45.8. The highest BCUT2D eigenvalue weighted by Gasteiger charge is 2.50. The second-order valence-corrected chi connectivity index (χ2v) is 22.5. The van der Waals surface area contributed by atoms with Gasteiger partial charge in [-0.05, 0) is 110 Å². The van der Waals surface area contributed by atoms with E-state index in [4.69, 9.17) is 16.3 Å². The molecule has 65 heavy (non-hydrogen) atoms. The normalized spacial score (nSPS) is 20.2. The maximum atomic E-state index is 14.2. The number of allylic oxidation sites excluding steroid dienone is 1. The Morgan fingerprint density at radius 3 is 2.32 bits per heavy atom. The molecule has 8 rings (SSSR count). The average molecular weight is 973 g/mol. The van der Waals surface area contributed by atoms with Gasteiger partial charge in [0.25, 0.3) is 25.8 Å². The number of benzene rings is 4. The van der Waals surface area contributed by atoms with Crippen molar-refractivity contribution >= 4 is 66.1 Å². The number of anilines is 2. The minimum atomic E-state index is -6.05. The molecule has 2 atom stereocenters. The van der Waals surface area contributed by atoms with Crippen LogP contribution in [0, 0.1) is 5.41 Å². The van der Waals surface area contributed by atoms with E-state index in [9.17, 15) is 34.8 Å². The van der Waals surface area contributed by atoms with Crippen molar-refractivity contribution in [3.05, 3.63) is 119 Å². The van der Waals surface area contributed by atoms with Crippen LogP contribution in [0.2, 0.25) is 5.02 Å². The number of nitrogens with zero attached hydrogens (tertiary/aromatic N) is 3. The predicted molar refractivity (Wildman–Crippen MR) is 250 cm³/mol. The Morgan fingerprint density at radius 1 is 0.892 bits per heavy atom. The summed E-state index contributed by atoms with van der Waals surface area (Å²) in [6.45, 7) is 6.64. The van der Waals surface area contributed by atoms with Gasteiger partial charge in [-0.3, -0.25) is 14.6 Å². The first-order valence-corrected chi connectivity index (χ1v) is 26.2. The summed E-state index contributed by atoms with van der Waals surface area (Å²) in [6, 6.07) is 26.3. The number of morpholine rings is 1. The van der Waals surface area contributed by atoms with Gasteiger partial charge in [0, 0.05) is 90.2 Å². The summed E-state index contributed by atoms with van der Waals surface area (Å²) in [5.74, 6) is -0.642. The molecule has 0 bridgehead atoms. The molecule has 4 aromatic carbocycles. The number of halogens is 4. The molecular weight excluding hydrogens is 919 g/mol. The minimum Gasteiger partial charge on any atom is -0.380 e. The molecule has 2 N–H and O–H groups in total. The molecule has 3 saturated heterocycles. The Hall–Kier alpha value is -4.10. The van der Waals surface area contributed by atoms with Crippen molar-refractivity contribution in [3.63, 3.8) is 0 Å². The third-order valence-electron chi connectivity index (χ3n) is 12.8. The lowest BCUT2D eigenvalue weighted by molar-refractivity contribution is -0.0435. The number of alkyl halides is 3. The first kappa shape index (κ1) is 47.4. The molecule has 1 spiro atoms. The fourth-order valence-electron chi connectivity index (χ4n) is 9.31. The Balaban J connectivity index is 0.930. The van der Waals surface area contributed by atoms with Gasteiger partial charge in [0.05, 0.1) is 23.8 Å². The van der Waals surface area contributed by atoms with E-state index < -0.39 is 52.8 Å². The number of amides is 1. The molecule has 18 heteroatoms. The van der Waals surface area contributed by atoms with Crippen LogP contribution in [0.25, 0.3) is 5.57 Å². The van der Waals surface area contributed by atoms with Crippen LogP contribution in [0.1, 0.15) is 54.4 Å². The number of carbonyl (C=O) groups is 1. The summed E-state index contributed by atoms with van der Waals surface area (Å²) in [6.07, 6.45) is 8.36. The van der Waals surface area contributed by atoms with Crippen LogP contribution in [0.5, 0.6) is 0 Å². The van der Waals surface area contributed by atoms with Crippen LogP contribution in [-0.4, -0.2) is 115 Å². The number of hydrogen-bond donors (Lipinski definition) is 2. The van der Waals surface area contributed by atoms with Crippen LogP contribution in [0.4, 0.5) is 24.5 Å². The maximum absolute atomic E-state index is 14.2. The Labute approximate surface area is 388 Å². The number of rotatable bonds is 15. The van der Waals surface area contributed by atoms with Gasteiger partial charge < -0.3 is 15.0 Å². The predicted octanol–water partition coefficient (Wildman–Crippen LogP) is 8.59. The maximum Gasteiger partial charge on any atom is 0.501 e. The van der Waals surface area contributed by atoms with Gasteiger partial charge in [-0.1, -0.05) is 54.4 Å². The summed E-state index contributed by atoms with van der Waals surface area (Å²) in [5, 5.41) is 3.72. The van der Waals surface area contributed by atoms with E-state index in [1.54, 1.807) is 12.1 Å². The van der Waals surface area contributed by atoms with E-state index in [0.29, 0.717) is 57.1 Å². The molecule has 0 radical (unpaired) electrons. The summed E-state index contributed by atoms with van der Waals surface area (Å²) in [5.41, 5.74) is -2.52. The van der Waals surface area contributed by atoms with Crippen LogP contribution in [0.3, 0.4) is 0 Å². The first-order chi connectivity index (χ1) is 31.1. The van der Waals surface area contributed by atoms with Gasteiger partial charge in [0.1, 0.15) is 4.90 Å². The number of nitrogens with one attached hydrogen (secondary N) is 2. The smallest absolute Gasteiger partial charge is 0.380 e. The van der Waals surface area contributed by atoms with Crippen molar-refractivity contribution in [2.24, 2.45) is 5.41 Å². The number of hydrogen-bond acceptors (Lipinski definition) is 11. The topological polar surface area (TPSA) is 128 Å². The zero-order valence-corrected chi connectivity index (χ0v) is 39.0. The van der Waals surface area contributed by atoms with Gasteiger partial charge >= 0.3 is 5.51 Å². The van der Waals surface area contributed by atoms with E-state index in [1.165, 1.54) is 47.9 Å². The van der Waals surface area contributed by atoms with E-state index in [0.717, 1.165) is 73.2 Å². The van der Waals surface area contributed by atoms with Crippen molar-refractivity contribution in [1.82, 2.24) is 14.5 Å². The molecule has 3 aliphatic heterocycles. The molecule has 1 amide bonds. The lowest BCUT2D eigenvalue weighted by Gasteiger charge is -2.52. The molecule has 0 aromatic heterocycles. The SMILES string of the molecule is O=C(NS(=O)(=O)c1ccc(N[C@H](CCN2CCOCC2)CSc2ccccc2)c(S(=O)(=O)C(F)(F)F)c1)c1ccc(N2CCC3(C2)CN(C2CCCCC=C2c2ccc(Cl)cc2)C3)cc1. The number of sulfone groups is 1. The Morgan fingerprint density at radius 2 is 1.62 bits per heavy atom. The molecule has 3 fully saturated rings. The fraction of sp³-hybridized carbons (Fsp3) is 0.426. The number of carbonyl (C=O) groups excluding carboxylic acids is 1. The van der Waals surface area contributed by atoms with Gasteiger partial charge in [0.15, 0.2) is 0 Å². The monoisotopic (exact) mass is 971 g/mol. The van der Waals surface area contributed by atoms with Crippen LogP contribution in [-0.2, 0) is 24.6 Å². The first-order valence-electron chi connectivity index (χ1n) is 21.9. The lowest BCUT2D eigenvalue weighted by Crippen LogP contribution is -2.61. The van der Waals surface area contributed by atoms with Crippen LogP contribution < -0.4 is 14.9 Å². The van der Waals surface area contributed by atoms with Crippen molar-refractivity contribution in [3.8, 4) is 0 Å². The lowest BCUT2D eigenvalue weighted by atomic mass is 9.76. The van der Waals surface area contributed by atoms with Crippen molar-refractivity contribution in [2.75, 3.05) is 75.0 Å². The second-order valence-electron chi connectivity index (χ2n) is 17.3. The summed E-state index contributed by atoms with van der Waals surface area (Å²) < 4.78 is 103. The quantitative estimate of drug-likeness (QED) is 0.111. The number of likely N-dealkylation sites (tertiary alicyclic amines) is 1. The van der Waals surface area contributed by atoms with E-state index in [-0.39, 0.29) is 11.0 Å². The van der Waals surface area contributed by atoms with Gasteiger partial charge in [0.2, 0.25) is 0 Å². The molecule has 4 aromatic rings. The molecule has 348 valence electrons. The summed E-state index contributed by atoms with van der Waals surface area (Å²) in [7, 11) is -10.9. The highest BCUT2D eigenvalue weighted by Crippen LogP contribution is 2.45. The second kappa shape index (κ2) is 20.0. The third-order valence-corrected chi connectivity index (χ3v) is 17.1. The minimum absolute atomic E-state index is 0.0105. The molecule has 0 saturated carbocycles. The highest BCUT2D eigenvalue weighted by molar-refractivity contribution is 7.99. The largest absolute Gasteiger partial charge is 0.501 e. The Kier molecular flexibility index (Phi) is 14.6. The van der Waals surface area contributed by atoms with Crippen LogP contribution in [0.15, 0.2) is 118 Å². The average Bonchev–Trinajstić information content (AvgIpc) is 3.60. The van der Waals surface area contributed by atoms with E-state index >= 15 is 0 Å². The number of ether oxygens (including phenoxy) is 1. The molecule has 11 nitrogen and oxygen atoms in total. The zero-order valence-electron chi connectivity index (χ0n) is 35.8. The molecule has 1 aliphatic carbocycles. The summed E-state index contributed by atoms with van der Waals surface area (Å²) >= 11 is 7.65. The van der Waals surface area contributed by atoms with E-state index in [1.807, 2.05) is 47.2 Å². The molecule has 1 unspecified atom stereocenters. The standard InChI is InChI=1S/C47H53ClF3N5O6S3/c48-36-15-11-34(12-16-36)41-9-5-2-6-10-43(41)56-32-46(33-56)22-24-55(31-46)38-17-13-35(14-18-38)45(57)53-65(60,61)40-19-20-42(44(29-40)64(58,59)47(49,50)51)52-37(21-23-54-25-27-62-28-26-54)30-63-39-7-3-1-4-8-39/h1,3-4,7-9,11-20,29,37,43,52H,2,5-6,10,21-28,30-33H2,(H,53,57)/t37-,43?/m1/s1.